The van der Waals surface area contributed by atoms with Gasteiger partial charge in [-0.15, -0.1) is 0 Å². The first-order valence-corrected chi connectivity index (χ1v) is 8.26. The molecule has 104 valence electrons. The first kappa shape index (κ1) is 12.2. The minimum absolute atomic E-state index is 0.0216. The molecule has 0 radical (unpaired) electrons. The Kier molecular flexibility index (Phi) is 2.40. The molecule has 3 saturated carbocycles. The van der Waals surface area contributed by atoms with Gasteiger partial charge in [0.2, 0.25) is 0 Å². The Bertz CT molecular complexity index is 451. The molecule has 4 aliphatic carbocycles. The molecule has 4 rings (SSSR count). The van der Waals surface area contributed by atoms with Crippen LogP contribution in [0.2, 0.25) is 0 Å². The largest absolute Gasteiger partial charge is 0.298 e. The molecule has 1 nitrogen and oxygen atoms in total. The topological polar surface area (TPSA) is 17.1 Å². The quantitative estimate of drug-likeness (QED) is 0.589. The number of hydrogen-bond acceptors (Lipinski definition) is 1. The fraction of sp³-hybridized carbons (Fsp3) is 0.833. The molecule has 0 aromatic carbocycles. The van der Waals surface area contributed by atoms with E-state index in [4.69, 9.17) is 0 Å². The maximum absolute atomic E-state index is 12.7. The van der Waals surface area contributed by atoms with Gasteiger partial charge in [0.1, 0.15) is 5.78 Å². The molecular formula is C18H26O. The second-order valence-electron chi connectivity index (χ2n) is 8.22. The van der Waals surface area contributed by atoms with Gasteiger partial charge in [-0.1, -0.05) is 32.4 Å². The number of fused-ring (bicyclic) bond motifs is 6. The Labute approximate surface area is 116 Å². The van der Waals surface area contributed by atoms with Crippen molar-refractivity contribution in [3.05, 3.63) is 12.2 Å². The average Bonchev–Trinajstić information content (AvgIpc) is 2.75. The third-order valence-corrected chi connectivity index (χ3v) is 7.37. The van der Waals surface area contributed by atoms with Gasteiger partial charge in [-0.3, -0.25) is 4.79 Å². The summed E-state index contributed by atoms with van der Waals surface area (Å²) >= 11 is 0. The molecule has 4 aliphatic rings. The standard InChI is InChI=1S/C18H26O/c1-17-8-4-6-14(17)13-11-12-5-3-9-18(2,16(12)19)15(13)7-10-17/h3,5,12-15H,4,6-11H2,1-2H3. The van der Waals surface area contributed by atoms with Crippen LogP contribution in [0.15, 0.2) is 12.2 Å². The van der Waals surface area contributed by atoms with E-state index in [1.165, 1.54) is 32.1 Å². The Morgan fingerprint density at radius 3 is 2.84 bits per heavy atom. The Morgan fingerprint density at radius 1 is 1.16 bits per heavy atom. The Morgan fingerprint density at radius 2 is 2.00 bits per heavy atom. The van der Waals surface area contributed by atoms with Gasteiger partial charge in [-0.05, 0) is 61.7 Å². The van der Waals surface area contributed by atoms with E-state index in [9.17, 15) is 4.79 Å². The zero-order chi connectivity index (χ0) is 13.3. The third-order valence-electron chi connectivity index (χ3n) is 7.37. The van der Waals surface area contributed by atoms with Gasteiger partial charge in [-0.2, -0.15) is 0 Å². The molecule has 6 atom stereocenters. The van der Waals surface area contributed by atoms with E-state index >= 15 is 0 Å². The summed E-state index contributed by atoms with van der Waals surface area (Å²) in [5, 5.41) is 0. The van der Waals surface area contributed by atoms with Crippen LogP contribution in [0, 0.1) is 34.5 Å². The van der Waals surface area contributed by atoms with E-state index < -0.39 is 0 Å². The van der Waals surface area contributed by atoms with Crippen LogP contribution in [0.3, 0.4) is 0 Å². The van der Waals surface area contributed by atoms with Crippen LogP contribution in [-0.2, 0) is 4.79 Å². The molecule has 0 N–H and O–H groups in total. The summed E-state index contributed by atoms with van der Waals surface area (Å²) in [5.41, 5.74) is 0.585. The van der Waals surface area contributed by atoms with Crippen LogP contribution in [0.25, 0.3) is 0 Å². The van der Waals surface area contributed by atoms with Crippen molar-refractivity contribution >= 4 is 5.78 Å². The minimum atomic E-state index is -0.0216. The number of Topliss-reactive ketones (excluding diaryl/α,β-unsaturated/α-hetero) is 1. The summed E-state index contributed by atoms with van der Waals surface area (Å²) in [6, 6.07) is 0. The van der Waals surface area contributed by atoms with Gasteiger partial charge in [0.25, 0.3) is 0 Å². The number of carbonyl (C=O) groups is 1. The van der Waals surface area contributed by atoms with Gasteiger partial charge in [-0.25, -0.2) is 0 Å². The highest BCUT2D eigenvalue weighted by Gasteiger charge is 2.59. The van der Waals surface area contributed by atoms with Gasteiger partial charge in [0.05, 0.1) is 0 Å². The van der Waals surface area contributed by atoms with Gasteiger partial charge in [0.15, 0.2) is 0 Å². The normalized spacial score (nSPS) is 55.8. The van der Waals surface area contributed by atoms with Crippen LogP contribution in [0.1, 0.15) is 58.8 Å². The number of hydrogen-bond donors (Lipinski definition) is 0. The van der Waals surface area contributed by atoms with Gasteiger partial charge >= 0.3 is 0 Å². The van der Waals surface area contributed by atoms with Crippen molar-refractivity contribution in [2.75, 3.05) is 0 Å². The highest BCUT2D eigenvalue weighted by atomic mass is 16.1. The van der Waals surface area contributed by atoms with Crippen molar-refractivity contribution in [2.24, 2.45) is 34.5 Å². The molecule has 6 unspecified atom stereocenters. The van der Waals surface area contributed by atoms with Gasteiger partial charge < -0.3 is 0 Å². The molecule has 19 heavy (non-hydrogen) atoms. The van der Waals surface area contributed by atoms with Crippen molar-refractivity contribution in [3.8, 4) is 0 Å². The highest BCUT2D eigenvalue weighted by Crippen LogP contribution is 2.64. The molecule has 0 amide bonds. The fourth-order valence-electron chi connectivity index (χ4n) is 6.30. The second-order valence-corrected chi connectivity index (χ2v) is 8.22. The lowest BCUT2D eigenvalue weighted by Gasteiger charge is -2.57. The van der Waals surface area contributed by atoms with Crippen LogP contribution in [0.4, 0.5) is 0 Å². The molecule has 0 aromatic rings. The molecule has 0 saturated heterocycles. The van der Waals surface area contributed by atoms with E-state index in [0.29, 0.717) is 17.1 Å². The van der Waals surface area contributed by atoms with Crippen LogP contribution in [-0.4, -0.2) is 5.78 Å². The molecule has 1 heteroatoms. The molecular weight excluding hydrogens is 232 g/mol. The summed E-state index contributed by atoms with van der Waals surface area (Å²) in [5.74, 6) is 3.24. The molecule has 3 fully saturated rings. The van der Waals surface area contributed by atoms with Gasteiger partial charge in [0, 0.05) is 11.3 Å². The number of ketones is 1. The third kappa shape index (κ3) is 1.45. The molecule has 0 spiro atoms. The molecule has 0 heterocycles. The fourth-order valence-corrected chi connectivity index (χ4v) is 6.30. The monoisotopic (exact) mass is 258 g/mol. The maximum Gasteiger partial charge on any atom is 0.146 e. The zero-order valence-corrected chi connectivity index (χ0v) is 12.3. The lowest BCUT2D eigenvalue weighted by Crippen LogP contribution is -2.54. The van der Waals surface area contributed by atoms with E-state index in [0.717, 1.165) is 24.7 Å². The van der Waals surface area contributed by atoms with E-state index in [-0.39, 0.29) is 11.3 Å². The Hall–Kier alpha value is -0.590. The number of allylic oxidation sites excluding steroid dienone is 2. The van der Waals surface area contributed by atoms with Crippen molar-refractivity contribution in [2.45, 2.75) is 58.8 Å². The van der Waals surface area contributed by atoms with E-state index in [2.05, 4.69) is 26.0 Å². The number of rotatable bonds is 0. The summed E-state index contributed by atoms with van der Waals surface area (Å²) in [4.78, 5) is 12.7. The van der Waals surface area contributed by atoms with Crippen molar-refractivity contribution < 1.29 is 4.79 Å². The van der Waals surface area contributed by atoms with Crippen LogP contribution in [0.5, 0.6) is 0 Å². The zero-order valence-electron chi connectivity index (χ0n) is 12.3. The Balaban J connectivity index is 1.75. The predicted molar refractivity (Wildman–Crippen MR) is 76.6 cm³/mol. The minimum Gasteiger partial charge on any atom is -0.298 e. The number of carbonyl (C=O) groups excluding carboxylic acids is 1. The van der Waals surface area contributed by atoms with Crippen LogP contribution < -0.4 is 0 Å². The summed E-state index contributed by atoms with van der Waals surface area (Å²) in [7, 11) is 0. The predicted octanol–water partition coefficient (Wildman–Crippen LogP) is 4.37. The molecule has 2 bridgehead atoms. The molecule has 0 aliphatic heterocycles. The summed E-state index contributed by atoms with van der Waals surface area (Å²) in [6.45, 7) is 4.81. The summed E-state index contributed by atoms with van der Waals surface area (Å²) < 4.78 is 0. The maximum atomic E-state index is 12.7. The second kappa shape index (κ2) is 3.74. The van der Waals surface area contributed by atoms with Crippen molar-refractivity contribution in [1.29, 1.82) is 0 Å². The highest BCUT2D eigenvalue weighted by molar-refractivity contribution is 5.90. The first-order chi connectivity index (χ1) is 9.05. The van der Waals surface area contributed by atoms with E-state index in [1.54, 1.807) is 0 Å². The average molecular weight is 258 g/mol. The van der Waals surface area contributed by atoms with Crippen LogP contribution >= 0.6 is 0 Å². The lowest BCUT2D eigenvalue weighted by atomic mass is 9.46. The van der Waals surface area contributed by atoms with Crippen molar-refractivity contribution in [1.82, 2.24) is 0 Å². The summed E-state index contributed by atoms with van der Waals surface area (Å²) in [6.07, 6.45) is 13.7. The van der Waals surface area contributed by atoms with Crippen molar-refractivity contribution in [3.63, 3.8) is 0 Å². The van der Waals surface area contributed by atoms with E-state index in [1.807, 2.05) is 0 Å². The smallest absolute Gasteiger partial charge is 0.146 e. The SMILES string of the molecule is CC12CCCC1C1CC3C=CCC(C)(C3=O)C1CC2. The lowest BCUT2D eigenvalue weighted by molar-refractivity contribution is -0.149. The first-order valence-electron chi connectivity index (χ1n) is 8.26. The molecule has 0 aromatic heterocycles.